The summed E-state index contributed by atoms with van der Waals surface area (Å²) in [6, 6.07) is 0. The number of alkyl carbamates (subject to hydrolysis) is 2. The van der Waals surface area contributed by atoms with Crippen molar-refractivity contribution >= 4 is 66.0 Å². The van der Waals surface area contributed by atoms with Crippen molar-refractivity contribution in [1.82, 2.24) is 25.5 Å². The van der Waals surface area contributed by atoms with Crippen molar-refractivity contribution in [2.45, 2.75) is 93.1 Å². The molecule has 78 heavy (non-hydrogen) atoms. The van der Waals surface area contributed by atoms with Crippen LogP contribution in [0.4, 0.5) is 14.4 Å². The lowest BCUT2D eigenvalue weighted by Crippen LogP contribution is -2.39. The van der Waals surface area contributed by atoms with E-state index in [9.17, 15) is 52.7 Å². The van der Waals surface area contributed by atoms with Gasteiger partial charge in [-0.1, -0.05) is 25.8 Å². The van der Waals surface area contributed by atoms with Crippen molar-refractivity contribution in [3.05, 3.63) is 0 Å². The van der Waals surface area contributed by atoms with Crippen molar-refractivity contribution in [2.75, 3.05) is 151 Å². The third-order valence-corrected chi connectivity index (χ3v) is 8.58. The molecule has 30 heteroatoms. The Balaban J connectivity index is 0. The Bertz CT molecular complexity index is 1750. The molecule has 1 fully saturated rings. The van der Waals surface area contributed by atoms with Gasteiger partial charge in [0.1, 0.15) is 45.2 Å². The molecular formula is C48H83N5O25. The smallest absolute Gasteiger partial charge is 0.480 e. The van der Waals surface area contributed by atoms with E-state index in [1.165, 1.54) is 18.7 Å². The van der Waals surface area contributed by atoms with Gasteiger partial charge in [-0.25, -0.2) is 24.0 Å². The number of amides is 4. The van der Waals surface area contributed by atoms with Crippen LogP contribution in [0, 0.1) is 0 Å². The quantitative estimate of drug-likeness (QED) is 0.0336. The number of imide groups is 1. The first-order valence-corrected chi connectivity index (χ1v) is 25.3. The molecule has 1 rings (SSSR count). The van der Waals surface area contributed by atoms with Gasteiger partial charge in [-0.15, -0.1) is 0 Å². The molecule has 0 aromatic rings. The second-order valence-electron chi connectivity index (χ2n) is 16.9. The summed E-state index contributed by atoms with van der Waals surface area (Å²) in [5, 5.41) is 14.4. The van der Waals surface area contributed by atoms with Gasteiger partial charge in [-0.05, 0) is 40.0 Å². The van der Waals surface area contributed by atoms with Gasteiger partial charge in [0, 0.05) is 66.0 Å². The second kappa shape index (κ2) is 47.7. The average Bonchev–Trinajstić information content (AvgIpc) is 3.67. The zero-order chi connectivity index (χ0) is 59.0. The van der Waals surface area contributed by atoms with Crippen molar-refractivity contribution in [3.63, 3.8) is 0 Å². The van der Waals surface area contributed by atoms with E-state index < -0.39 is 71.6 Å². The number of carbonyl (C=O) groups is 11. The molecule has 1 heterocycles. The zero-order valence-electron chi connectivity index (χ0n) is 46.4. The minimum Gasteiger partial charge on any atom is -0.480 e. The molecular weight excluding hydrogens is 1050 g/mol. The molecule has 0 aromatic carbocycles. The molecule has 450 valence electrons. The number of ether oxygens (including phenoxy) is 12. The van der Waals surface area contributed by atoms with Gasteiger partial charge >= 0.3 is 54.2 Å². The van der Waals surface area contributed by atoms with Gasteiger partial charge in [0.25, 0.3) is 11.8 Å². The lowest BCUT2D eigenvalue weighted by molar-refractivity contribution is -0.177. The first-order chi connectivity index (χ1) is 37.0. The molecule has 0 aliphatic carbocycles. The van der Waals surface area contributed by atoms with Crippen molar-refractivity contribution < 1.29 is 120 Å². The number of carboxylic acid groups (broad SMARTS) is 1. The number of esters is 5. The van der Waals surface area contributed by atoms with Crippen LogP contribution in [0.15, 0.2) is 0 Å². The highest BCUT2D eigenvalue weighted by atomic mass is 16.8. The van der Waals surface area contributed by atoms with Gasteiger partial charge in [0.2, 0.25) is 0 Å². The van der Waals surface area contributed by atoms with Crippen LogP contribution in [0.1, 0.15) is 87.5 Å². The predicted molar refractivity (Wildman–Crippen MR) is 268 cm³/mol. The van der Waals surface area contributed by atoms with Crippen LogP contribution < -0.4 is 10.6 Å². The number of rotatable bonds is 39. The van der Waals surface area contributed by atoms with E-state index in [1.807, 2.05) is 20.8 Å². The maximum atomic E-state index is 12.1. The number of hydrogen-bond acceptors (Lipinski definition) is 26. The van der Waals surface area contributed by atoms with E-state index in [2.05, 4.69) is 20.2 Å². The van der Waals surface area contributed by atoms with E-state index in [0.717, 1.165) is 12.8 Å². The average molecular weight is 1130 g/mol. The van der Waals surface area contributed by atoms with E-state index in [4.69, 9.17) is 57.2 Å². The Hall–Kier alpha value is -6.47. The van der Waals surface area contributed by atoms with Crippen LogP contribution in [0.2, 0.25) is 0 Å². The van der Waals surface area contributed by atoms with Gasteiger partial charge in [-0.3, -0.25) is 43.4 Å². The van der Waals surface area contributed by atoms with Crippen LogP contribution in [0.25, 0.3) is 0 Å². The lowest BCUT2D eigenvalue weighted by atomic mass is 10.2. The molecule has 30 nitrogen and oxygen atoms in total. The van der Waals surface area contributed by atoms with Crippen LogP contribution >= 0.6 is 0 Å². The zero-order valence-corrected chi connectivity index (χ0v) is 46.4. The summed E-state index contributed by atoms with van der Waals surface area (Å²) in [6.45, 7) is 16.7. The molecule has 0 atom stereocenters. The minimum atomic E-state index is -1.04. The summed E-state index contributed by atoms with van der Waals surface area (Å²) in [6.07, 6.45) is 0.324. The Labute approximate surface area is 454 Å². The number of carbonyl (C=O) groups excluding carboxylic acids is 10. The third-order valence-electron chi connectivity index (χ3n) is 8.58. The van der Waals surface area contributed by atoms with Crippen LogP contribution in [-0.2, 0) is 100 Å². The molecule has 0 saturated carbocycles. The molecule has 4 amide bonds. The maximum Gasteiger partial charge on any atom is 0.533 e. The summed E-state index contributed by atoms with van der Waals surface area (Å²) in [7, 11) is 0. The highest BCUT2D eigenvalue weighted by molar-refractivity contribution is 6.01. The summed E-state index contributed by atoms with van der Waals surface area (Å²) < 4.78 is 60.1. The first-order valence-electron chi connectivity index (χ1n) is 25.3. The van der Waals surface area contributed by atoms with Gasteiger partial charge in [0.05, 0.1) is 72.6 Å². The molecule has 1 aliphatic heterocycles. The fourth-order valence-electron chi connectivity index (χ4n) is 5.22. The number of aliphatic carboxylic acids is 1. The Kier molecular flexibility index (Phi) is 45.0. The summed E-state index contributed by atoms with van der Waals surface area (Å²) in [4.78, 5) is 131. The number of nitrogens with zero attached hydrogens (tertiary/aromatic N) is 3. The van der Waals surface area contributed by atoms with Crippen molar-refractivity contribution in [1.29, 1.82) is 0 Å². The van der Waals surface area contributed by atoms with E-state index >= 15 is 0 Å². The first kappa shape index (κ1) is 73.6. The second-order valence-corrected chi connectivity index (χ2v) is 16.9. The molecule has 3 N–H and O–H groups in total. The fourth-order valence-corrected chi connectivity index (χ4v) is 5.22. The molecule has 1 aliphatic rings. The molecule has 0 spiro atoms. The Morgan fingerprint density at radius 2 is 0.885 bits per heavy atom. The van der Waals surface area contributed by atoms with Gasteiger partial charge in [-0.2, -0.15) is 0 Å². The fraction of sp³-hybridized carbons (Fsp3) is 0.771. The van der Waals surface area contributed by atoms with E-state index in [1.54, 1.807) is 25.7 Å². The molecule has 1 saturated heterocycles. The van der Waals surface area contributed by atoms with Crippen LogP contribution in [-0.4, -0.2) is 243 Å². The summed E-state index contributed by atoms with van der Waals surface area (Å²) in [5.41, 5.74) is -0.622. The van der Waals surface area contributed by atoms with Gasteiger partial charge in [0.15, 0.2) is 0 Å². The lowest BCUT2D eigenvalue weighted by Gasteiger charge is -2.24. The summed E-state index contributed by atoms with van der Waals surface area (Å²) >= 11 is 0. The minimum absolute atomic E-state index is 0.0220. The third kappa shape index (κ3) is 49.1. The molecule has 0 bridgehead atoms. The largest absolute Gasteiger partial charge is 0.533 e. The molecule has 0 aromatic heterocycles. The standard InChI is InChI=1S/C22H40N2O10.C18H32N2O10.C8H11NO5/c1-6-10-33-21(28)23-7-11-29-14-15-30-17-20(27)32-13-9-24(8-12-31-18(2)25)16-19(26)34-22(3,4)5;1-3-7-30-18(25)19-4-8-26-11-12-27-14-17(24)29-10-6-20(13-16(22)23)5-9-28-15(2)21;1-2-5-13-8(12)14-9-6(10)3-4-7(9)11/h6-17H2,1-5H3,(H,23,28);3-14H2,1-2H3,(H,19,25)(H,22,23);2-5H2,1H3. The van der Waals surface area contributed by atoms with E-state index in [-0.39, 0.29) is 138 Å². The van der Waals surface area contributed by atoms with Crippen LogP contribution in [0.3, 0.4) is 0 Å². The number of nitrogens with one attached hydrogen (secondary N) is 2. The summed E-state index contributed by atoms with van der Waals surface area (Å²) in [5.74, 6) is -4.52. The topological polar surface area (TPSA) is 362 Å². The van der Waals surface area contributed by atoms with E-state index in [0.29, 0.717) is 37.8 Å². The van der Waals surface area contributed by atoms with Crippen molar-refractivity contribution in [2.24, 2.45) is 0 Å². The Morgan fingerprint density at radius 3 is 1.27 bits per heavy atom. The van der Waals surface area contributed by atoms with Gasteiger partial charge < -0.3 is 72.6 Å². The van der Waals surface area contributed by atoms with Crippen molar-refractivity contribution in [3.8, 4) is 0 Å². The molecule has 0 radical (unpaired) electrons. The number of hydroxylamine groups is 2. The number of hydrogen-bond donors (Lipinski definition) is 3. The monoisotopic (exact) mass is 1130 g/mol. The van der Waals surface area contributed by atoms with Crippen LogP contribution in [0.5, 0.6) is 0 Å². The SMILES string of the molecule is CCCOC(=O)NCCOCCOCC(=O)OCCN(CCOC(C)=O)CC(=O)O.CCCOC(=O)NCCOCCOCC(=O)OCCN(CCOC(C)=O)CC(=O)OC(C)(C)C.CCCOC(=O)ON1C(=O)CCC1=O. The molecule has 0 unspecified atom stereocenters. The highest BCUT2D eigenvalue weighted by Crippen LogP contribution is 2.12. The maximum absolute atomic E-state index is 12.1. The predicted octanol–water partition coefficient (Wildman–Crippen LogP) is 1.17. The number of carboxylic acids is 1. The Morgan fingerprint density at radius 1 is 0.500 bits per heavy atom. The highest BCUT2D eigenvalue weighted by Gasteiger charge is 2.33. The normalized spacial score (nSPS) is 11.7.